The van der Waals surface area contributed by atoms with Crippen LogP contribution in [-0.4, -0.2) is 48.9 Å². The summed E-state index contributed by atoms with van der Waals surface area (Å²) in [7, 11) is 0. The molecule has 2 fully saturated rings. The quantitative estimate of drug-likeness (QED) is 0.628. The number of rotatable bonds is 5. The van der Waals surface area contributed by atoms with E-state index < -0.39 is 0 Å². The van der Waals surface area contributed by atoms with Crippen LogP contribution in [0.5, 0.6) is 0 Å². The van der Waals surface area contributed by atoms with Crippen molar-refractivity contribution >= 4 is 17.7 Å². The molecule has 10 nitrogen and oxygen atoms in total. The molecule has 3 aromatic heterocycles. The van der Waals surface area contributed by atoms with Crippen molar-refractivity contribution in [3.8, 4) is 0 Å². The number of aromatic nitrogens is 6. The van der Waals surface area contributed by atoms with Crippen molar-refractivity contribution in [2.75, 3.05) is 23.7 Å². The Morgan fingerprint density at radius 3 is 2.81 bits per heavy atom. The summed E-state index contributed by atoms with van der Waals surface area (Å²) in [5, 5.41) is 11.2. The van der Waals surface area contributed by atoms with Crippen LogP contribution in [0, 0.1) is 11.8 Å². The molecule has 6 rings (SSSR count). The van der Waals surface area contributed by atoms with Crippen LogP contribution in [0.1, 0.15) is 46.2 Å². The van der Waals surface area contributed by atoms with Crippen LogP contribution >= 0.6 is 0 Å². The first-order valence-corrected chi connectivity index (χ1v) is 10.6. The van der Waals surface area contributed by atoms with Gasteiger partial charge in [0.05, 0.1) is 18.8 Å². The van der Waals surface area contributed by atoms with Gasteiger partial charge in [-0.15, -0.1) is 5.10 Å². The van der Waals surface area contributed by atoms with E-state index in [1.54, 1.807) is 16.9 Å². The molecule has 4 heterocycles. The second kappa shape index (κ2) is 7.00. The number of amides is 1. The molecule has 3 aromatic rings. The van der Waals surface area contributed by atoms with Crippen molar-refractivity contribution in [3.63, 3.8) is 0 Å². The first kappa shape index (κ1) is 18.2. The van der Waals surface area contributed by atoms with E-state index in [0.717, 1.165) is 60.5 Å². The van der Waals surface area contributed by atoms with Crippen molar-refractivity contribution in [1.82, 2.24) is 35.3 Å². The fourth-order valence-corrected chi connectivity index (χ4v) is 4.69. The molecule has 1 aliphatic heterocycles. The fraction of sp³-hybridized carbons (Fsp3) is 0.429. The van der Waals surface area contributed by atoms with Gasteiger partial charge in [-0.05, 0) is 42.7 Å². The van der Waals surface area contributed by atoms with E-state index in [-0.39, 0.29) is 17.6 Å². The minimum absolute atomic E-state index is 0.0849. The van der Waals surface area contributed by atoms with Gasteiger partial charge in [0.15, 0.2) is 5.69 Å². The smallest absolute Gasteiger partial charge is 0.273 e. The van der Waals surface area contributed by atoms with Crippen molar-refractivity contribution in [1.29, 1.82) is 0 Å². The molecule has 158 valence electrons. The summed E-state index contributed by atoms with van der Waals surface area (Å²) in [6, 6.07) is 3.61. The van der Waals surface area contributed by atoms with Gasteiger partial charge in [0.1, 0.15) is 5.82 Å². The number of nitrogens with one attached hydrogen (secondary N) is 1. The molecular weight excluding hydrogens is 394 g/mol. The number of carbonyl (C=O) groups is 1. The Morgan fingerprint density at radius 2 is 2.00 bits per heavy atom. The number of nitrogen functional groups attached to an aromatic ring is 1. The monoisotopic (exact) mass is 417 g/mol. The average Bonchev–Trinajstić information content (AvgIpc) is 3.14. The van der Waals surface area contributed by atoms with Crippen LogP contribution in [0.3, 0.4) is 0 Å². The topological polar surface area (TPSA) is 128 Å². The number of piperidine rings is 1. The number of pyridine rings is 1. The maximum atomic E-state index is 12.7. The van der Waals surface area contributed by atoms with E-state index in [9.17, 15) is 4.79 Å². The molecular formula is C21H23N9O. The van der Waals surface area contributed by atoms with Gasteiger partial charge in [0.25, 0.3) is 5.91 Å². The second-order valence-electron chi connectivity index (χ2n) is 8.69. The average molecular weight is 417 g/mol. The summed E-state index contributed by atoms with van der Waals surface area (Å²) in [5.41, 5.74) is 8.91. The van der Waals surface area contributed by atoms with E-state index in [0.29, 0.717) is 12.4 Å². The van der Waals surface area contributed by atoms with Gasteiger partial charge in [0.2, 0.25) is 5.95 Å². The molecule has 3 N–H and O–H groups in total. The molecule has 0 spiro atoms. The Morgan fingerprint density at radius 1 is 1.19 bits per heavy atom. The predicted molar refractivity (Wildman–Crippen MR) is 112 cm³/mol. The van der Waals surface area contributed by atoms with Gasteiger partial charge in [-0.2, -0.15) is 0 Å². The van der Waals surface area contributed by atoms with Gasteiger partial charge in [0, 0.05) is 36.7 Å². The molecule has 0 bridgehead atoms. The van der Waals surface area contributed by atoms with E-state index in [4.69, 9.17) is 5.73 Å². The van der Waals surface area contributed by atoms with Gasteiger partial charge >= 0.3 is 0 Å². The molecule has 10 heteroatoms. The molecule has 3 atom stereocenters. The van der Waals surface area contributed by atoms with Crippen LogP contribution in [0.2, 0.25) is 0 Å². The molecule has 0 aromatic carbocycles. The number of hydrogen-bond acceptors (Lipinski definition) is 8. The maximum Gasteiger partial charge on any atom is 0.273 e. The van der Waals surface area contributed by atoms with Crippen LogP contribution in [0.15, 0.2) is 30.7 Å². The van der Waals surface area contributed by atoms with Gasteiger partial charge in [-0.1, -0.05) is 11.3 Å². The third kappa shape index (κ3) is 3.47. The van der Waals surface area contributed by atoms with Crippen molar-refractivity contribution in [2.24, 2.45) is 11.8 Å². The fourth-order valence-electron chi connectivity index (χ4n) is 4.69. The molecule has 2 aliphatic carbocycles. The SMILES string of the molecule is Nc1ccc2c(n1)CC[C@H]2NC(=O)c1cn(Cc2cnc(N3CC4CC4C3)nc2)nn1. The number of anilines is 2. The summed E-state index contributed by atoms with van der Waals surface area (Å²) in [4.78, 5) is 28.3. The zero-order valence-electron chi connectivity index (χ0n) is 17.0. The lowest BCUT2D eigenvalue weighted by molar-refractivity contribution is 0.0931. The Labute approximate surface area is 178 Å². The second-order valence-corrected chi connectivity index (χ2v) is 8.69. The van der Waals surface area contributed by atoms with E-state index in [1.165, 1.54) is 6.42 Å². The Balaban J connectivity index is 1.09. The molecule has 1 saturated heterocycles. The van der Waals surface area contributed by atoms with Gasteiger partial charge in [-0.3, -0.25) is 4.79 Å². The molecule has 31 heavy (non-hydrogen) atoms. The molecule has 0 radical (unpaired) electrons. The van der Waals surface area contributed by atoms with Crippen molar-refractivity contribution in [3.05, 3.63) is 53.2 Å². The summed E-state index contributed by atoms with van der Waals surface area (Å²) < 4.78 is 1.63. The highest BCUT2D eigenvalue weighted by Gasteiger charge is 2.45. The third-order valence-corrected chi connectivity index (χ3v) is 6.45. The summed E-state index contributed by atoms with van der Waals surface area (Å²) in [6.45, 7) is 2.60. The van der Waals surface area contributed by atoms with Crippen molar-refractivity contribution < 1.29 is 4.79 Å². The summed E-state index contributed by atoms with van der Waals surface area (Å²) >= 11 is 0. The van der Waals surface area contributed by atoms with Crippen LogP contribution in [0.4, 0.5) is 11.8 Å². The Bertz CT molecular complexity index is 1130. The zero-order valence-corrected chi connectivity index (χ0v) is 17.0. The van der Waals surface area contributed by atoms with Crippen LogP contribution in [0.25, 0.3) is 0 Å². The highest BCUT2D eigenvalue weighted by Crippen LogP contribution is 2.45. The lowest BCUT2D eigenvalue weighted by Gasteiger charge is -2.17. The Kier molecular flexibility index (Phi) is 4.12. The maximum absolute atomic E-state index is 12.7. The lowest BCUT2D eigenvalue weighted by atomic mass is 10.1. The first-order valence-electron chi connectivity index (χ1n) is 10.6. The summed E-state index contributed by atoms with van der Waals surface area (Å²) in [5.74, 6) is 2.73. The van der Waals surface area contributed by atoms with E-state index >= 15 is 0 Å². The number of nitrogens with zero attached hydrogens (tertiary/aromatic N) is 7. The highest BCUT2D eigenvalue weighted by molar-refractivity contribution is 5.92. The number of nitrogens with two attached hydrogens (primary N) is 1. The van der Waals surface area contributed by atoms with E-state index in [2.05, 4.69) is 35.5 Å². The zero-order chi connectivity index (χ0) is 20.9. The number of hydrogen-bond donors (Lipinski definition) is 2. The normalized spacial score (nSPS) is 23.5. The van der Waals surface area contributed by atoms with Crippen molar-refractivity contribution in [2.45, 2.75) is 31.8 Å². The number of aryl methyl sites for hydroxylation is 1. The molecule has 2 unspecified atom stereocenters. The largest absolute Gasteiger partial charge is 0.384 e. The van der Waals surface area contributed by atoms with E-state index in [1.807, 2.05) is 18.5 Å². The highest BCUT2D eigenvalue weighted by atomic mass is 16.2. The standard InChI is InChI=1S/C21H23N9O/c22-19-4-1-15-16(25-19)2-3-17(15)26-20(31)18-11-30(28-27-18)8-12-6-23-21(24-7-12)29-9-13-5-14(13)10-29/h1,4,6-7,11,13-14,17H,2-3,5,8-10H2,(H2,22,25)(H,26,31)/t13?,14?,17-/m1/s1. The van der Waals surface area contributed by atoms with Crippen LogP contribution in [-0.2, 0) is 13.0 Å². The minimum atomic E-state index is -0.250. The summed E-state index contributed by atoms with van der Waals surface area (Å²) in [6.07, 6.45) is 8.24. The minimum Gasteiger partial charge on any atom is -0.384 e. The van der Waals surface area contributed by atoms with Gasteiger partial charge < -0.3 is 16.0 Å². The predicted octanol–water partition coefficient (Wildman–Crippen LogP) is 0.967. The molecule has 1 amide bonds. The third-order valence-electron chi connectivity index (χ3n) is 6.45. The Hall–Kier alpha value is -3.56. The first-order chi connectivity index (χ1) is 15.1. The molecule has 1 saturated carbocycles. The lowest BCUT2D eigenvalue weighted by Crippen LogP contribution is -2.27. The van der Waals surface area contributed by atoms with Crippen LogP contribution < -0.4 is 16.0 Å². The number of fused-ring (bicyclic) bond motifs is 2. The number of carbonyl (C=O) groups excluding carboxylic acids is 1. The molecule has 3 aliphatic rings. The van der Waals surface area contributed by atoms with Gasteiger partial charge in [-0.25, -0.2) is 19.6 Å².